The van der Waals surface area contributed by atoms with Crippen LogP contribution in [-0.4, -0.2) is 18.6 Å². The van der Waals surface area contributed by atoms with E-state index in [9.17, 15) is 0 Å². The molecule has 0 aliphatic rings. The lowest BCUT2D eigenvalue weighted by Crippen LogP contribution is -2.24. The van der Waals surface area contributed by atoms with Crippen LogP contribution in [0.4, 0.5) is 0 Å². The summed E-state index contributed by atoms with van der Waals surface area (Å²) < 4.78 is 5.43. The Morgan fingerprint density at radius 1 is 1.35 bits per heavy atom. The second kappa shape index (κ2) is 6.73. The van der Waals surface area contributed by atoms with Gasteiger partial charge in [-0.15, -0.1) is 0 Å². The molecule has 0 spiro atoms. The molecule has 1 atom stereocenters. The molecule has 3 nitrogen and oxygen atoms in total. The highest BCUT2D eigenvalue weighted by Gasteiger charge is 2.20. The molecular weight excluding hydrogens is 272 g/mol. The van der Waals surface area contributed by atoms with Crippen LogP contribution in [-0.2, 0) is 0 Å². The van der Waals surface area contributed by atoms with E-state index in [-0.39, 0.29) is 6.04 Å². The van der Waals surface area contributed by atoms with Gasteiger partial charge in [0, 0.05) is 11.2 Å². The van der Waals surface area contributed by atoms with Gasteiger partial charge in [0.25, 0.3) is 0 Å². The van der Waals surface area contributed by atoms with Crippen molar-refractivity contribution in [2.45, 2.75) is 19.9 Å². The predicted octanol–water partition coefficient (Wildman–Crippen LogP) is 3.75. The highest BCUT2D eigenvalue weighted by molar-refractivity contribution is 6.30. The molecule has 4 heteroatoms. The molecule has 1 aromatic heterocycles. The Morgan fingerprint density at radius 3 is 2.85 bits per heavy atom. The molecule has 0 amide bonds. The summed E-state index contributed by atoms with van der Waals surface area (Å²) in [6.07, 6.45) is 1.78. The number of nitrogens with zero attached hydrogens (tertiary/aromatic N) is 1. The summed E-state index contributed by atoms with van der Waals surface area (Å²) in [4.78, 5) is 4.49. The molecule has 0 bridgehead atoms. The average molecular weight is 291 g/mol. The molecule has 0 aliphatic heterocycles. The summed E-state index contributed by atoms with van der Waals surface area (Å²) in [6.45, 7) is 4.98. The number of nitrogens with one attached hydrogen (secondary N) is 1. The van der Waals surface area contributed by atoms with Crippen LogP contribution >= 0.6 is 11.6 Å². The van der Waals surface area contributed by atoms with E-state index in [0.717, 1.165) is 28.6 Å². The van der Waals surface area contributed by atoms with Gasteiger partial charge in [0.05, 0.1) is 13.2 Å². The monoisotopic (exact) mass is 290 g/mol. The molecule has 0 saturated heterocycles. The van der Waals surface area contributed by atoms with Crippen molar-refractivity contribution in [2.75, 3.05) is 13.7 Å². The maximum Gasteiger partial charge on any atom is 0.142 e. The molecule has 1 heterocycles. The highest BCUT2D eigenvalue weighted by atomic mass is 35.5. The molecule has 0 aliphatic carbocycles. The fraction of sp³-hybridized carbons (Fsp3) is 0.312. The maximum absolute atomic E-state index is 6.14. The van der Waals surface area contributed by atoms with Gasteiger partial charge in [0.1, 0.15) is 11.4 Å². The van der Waals surface area contributed by atoms with Gasteiger partial charge in [-0.3, -0.25) is 4.98 Å². The van der Waals surface area contributed by atoms with Crippen molar-refractivity contribution in [2.24, 2.45) is 0 Å². The topological polar surface area (TPSA) is 34.2 Å². The number of benzene rings is 1. The Bertz CT molecular complexity index is 586. The SMILES string of the molecule is CCNC(c1cc(Cl)ccc1C)c1ncccc1OC. The van der Waals surface area contributed by atoms with Crippen molar-refractivity contribution in [3.05, 3.63) is 58.4 Å². The Hall–Kier alpha value is -1.58. The number of hydrogen-bond acceptors (Lipinski definition) is 3. The largest absolute Gasteiger partial charge is 0.495 e. The smallest absolute Gasteiger partial charge is 0.142 e. The molecule has 20 heavy (non-hydrogen) atoms. The number of aryl methyl sites for hydroxylation is 1. The van der Waals surface area contributed by atoms with Crippen molar-refractivity contribution >= 4 is 11.6 Å². The third-order valence-corrected chi connectivity index (χ3v) is 3.49. The first-order valence-electron chi connectivity index (χ1n) is 6.65. The minimum absolute atomic E-state index is 0.0325. The van der Waals surface area contributed by atoms with Gasteiger partial charge in [-0.1, -0.05) is 24.6 Å². The van der Waals surface area contributed by atoms with E-state index < -0.39 is 0 Å². The number of ether oxygens (including phenoxy) is 1. The normalized spacial score (nSPS) is 12.2. The summed E-state index contributed by atoms with van der Waals surface area (Å²) >= 11 is 6.14. The number of methoxy groups -OCH3 is 1. The first-order chi connectivity index (χ1) is 9.67. The van der Waals surface area contributed by atoms with Gasteiger partial charge in [-0.05, 0) is 48.9 Å². The number of pyridine rings is 1. The van der Waals surface area contributed by atoms with Crippen LogP contribution < -0.4 is 10.1 Å². The fourth-order valence-corrected chi connectivity index (χ4v) is 2.45. The van der Waals surface area contributed by atoms with Crippen LogP contribution in [0.3, 0.4) is 0 Å². The van der Waals surface area contributed by atoms with Crippen molar-refractivity contribution in [3.63, 3.8) is 0 Å². The zero-order chi connectivity index (χ0) is 14.5. The predicted molar refractivity (Wildman–Crippen MR) is 82.5 cm³/mol. The Labute approximate surface area is 124 Å². The van der Waals surface area contributed by atoms with Gasteiger partial charge in [0.15, 0.2) is 0 Å². The summed E-state index contributed by atoms with van der Waals surface area (Å²) in [5, 5.41) is 4.18. The van der Waals surface area contributed by atoms with Crippen LogP contribution in [0.25, 0.3) is 0 Å². The van der Waals surface area contributed by atoms with Crippen molar-refractivity contribution in [1.82, 2.24) is 10.3 Å². The Kier molecular flexibility index (Phi) is 4.99. The molecule has 2 aromatic rings. The van der Waals surface area contributed by atoms with Crippen molar-refractivity contribution in [1.29, 1.82) is 0 Å². The molecule has 0 fully saturated rings. The number of hydrogen-bond donors (Lipinski definition) is 1. The van der Waals surface area contributed by atoms with Gasteiger partial charge in [-0.2, -0.15) is 0 Å². The third-order valence-electron chi connectivity index (χ3n) is 3.25. The second-order valence-corrected chi connectivity index (χ2v) is 5.02. The molecule has 0 saturated carbocycles. The lowest BCUT2D eigenvalue weighted by Gasteiger charge is -2.22. The third kappa shape index (κ3) is 3.11. The summed E-state index contributed by atoms with van der Waals surface area (Å²) in [6, 6.07) is 9.67. The lowest BCUT2D eigenvalue weighted by atomic mass is 9.97. The van der Waals surface area contributed by atoms with E-state index in [2.05, 4.69) is 24.1 Å². The van der Waals surface area contributed by atoms with E-state index in [4.69, 9.17) is 16.3 Å². The molecule has 1 N–H and O–H groups in total. The highest BCUT2D eigenvalue weighted by Crippen LogP contribution is 2.31. The molecule has 1 aromatic carbocycles. The minimum atomic E-state index is -0.0325. The van der Waals surface area contributed by atoms with Crippen molar-refractivity contribution < 1.29 is 4.74 Å². The average Bonchev–Trinajstić information content (AvgIpc) is 2.47. The van der Waals surface area contributed by atoms with Crippen LogP contribution in [0, 0.1) is 6.92 Å². The van der Waals surface area contributed by atoms with Crippen LogP contribution in [0.2, 0.25) is 5.02 Å². The number of rotatable bonds is 5. The lowest BCUT2D eigenvalue weighted by molar-refractivity contribution is 0.400. The Balaban J connectivity index is 2.53. The van der Waals surface area contributed by atoms with E-state index in [1.807, 2.05) is 30.3 Å². The summed E-state index contributed by atoms with van der Waals surface area (Å²) in [5.74, 6) is 0.776. The summed E-state index contributed by atoms with van der Waals surface area (Å²) in [5.41, 5.74) is 3.17. The van der Waals surface area contributed by atoms with Gasteiger partial charge in [0.2, 0.25) is 0 Å². The van der Waals surface area contributed by atoms with Crippen LogP contribution in [0.5, 0.6) is 5.75 Å². The zero-order valence-electron chi connectivity index (χ0n) is 12.0. The van der Waals surface area contributed by atoms with E-state index in [1.165, 1.54) is 5.56 Å². The maximum atomic E-state index is 6.14. The molecular formula is C16H19ClN2O. The van der Waals surface area contributed by atoms with Gasteiger partial charge < -0.3 is 10.1 Å². The van der Waals surface area contributed by atoms with Gasteiger partial charge >= 0.3 is 0 Å². The minimum Gasteiger partial charge on any atom is -0.495 e. The standard InChI is InChI=1S/C16H19ClN2O/c1-4-18-15(13-10-12(17)8-7-11(13)2)16-14(20-3)6-5-9-19-16/h5-10,15,18H,4H2,1-3H3. The first kappa shape index (κ1) is 14.8. The Morgan fingerprint density at radius 2 is 2.15 bits per heavy atom. The second-order valence-electron chi connectivity index (χ2n) is 4.58. The molecule has 106 valence electrons. The molecule has 2 rings (SSSR count). The van der Waals surface area contributed by atoms with Crippen LogP contribution in [0.15, 0.2) is 36.5 Å². The van der Waals surface area contributed by atoms with E-state index in [0.29, 0.717) is 0 Å². The number of aromatic nitrogens is 1. The van der Waals surface area contributed by atoms with Crippen molar-refractivity contribution in [3.8, 4) is 5.75 Å². The summed E-state index contributed by atoms with van der Waals surface area (Å²) in [7, 11) is 1.66. The quantitative estimate of drug-likeness (QED) is 0.910. The van der Waals surface area contributed by atoms with E-state index >= 15 is 0 Å². The first-order valence-corrected chi connectivity index (χ1v) is 7.03. The van der Waals surface area contributed by atoms with Gasteiger partial charge in [-0.25, -0.2) is 0 Å². The molecule has 0 radical (unpaired) electrons. The zero-order valence-corrected chi connectivity index (χ0v) is 12.7. The van der Waals surface area contributed by atoms with E-state index in [1.54, 1.807) is 13.3 Å². The molecule has 1 unspecified atom stereocenters. The fourth-order valence-electron chi connectivity index (χ4n) is 2.27. The van der Waals surface area contributed by atoms with Crippen LogP contribution in [0.1, 0.15) is 29.8 Å². The number of halogens is 1.